The molecule has 0 aromatic heterocycles. The van der Waals surface area contributed by atoms with Crippen LogP contribution in [-0.4, -0.2) is 13.6 Å². The number of rotatable bonds is 2. The van der Waals surface area contributed by atoms with Gasteiger partial charge >= 0.3 is 0 Å². The molecule has 1 heterocycles. The molecule has 0 radical (unpaired) electrons. The molecule has 0 spiro atoms. The maximum absolute atomic E-state index is 5.84. The summed E-state index contributed by atoms with van der Waals surface area (Å²) < 4.78 is 5.84. The van der Waals surface area contributed by atoms with Gasteiger partial charge in [0.1, 0.15) is 11.5 Å². The van der Waals surface area contributed by atoms with Crippen molar-refractivity contribution >= 4 is 19.1 Å². The van der Waals surface area contributed by atoms with Crippen molar-refractivity contribution < 1.29 is 4.74 Å². The van der Waals surface area contributed by atoms with Gasteiger partial charge in [-0.25, -0.2) is 0 Å². The first kappa shape index (κ1) is 9.22. The molecule has 0 N–H and O–H groups in total. The van der Waals surface area contributed by atoms with Gasteiger partial charge in [-0.05, 0) is 29.2 Å². The van der Waals surface area contributed by atoms with Gasteiger partial charge in [0.2, 0.25) is 0 Å². The molecule has 2 aromatic rings. The lowest BCUT2D eigenvalue weighted by Gasteiger charge is -2.09. The van der Waals surface area contributed by atoms with E-state index in [0.717, 1.165) is 24.5 Å². The standard InChI is InChI=1S/C13H10BNO/c1-2-6-11(7-3-1)16-12-8-4-5-10-9-15-14-13(10)12/h1-9,14H. The van der Waals surface area contributed by atoms with Gasteiger partial charge in [-0.2, -0.15) is 0 Å². The van der Waals surface area contributed by atoms with Crippen LogP contribution in [0.4, 0.5) is 0 Å². The number of hydrogen-bond acceptors (Lipinski definition) is 2. The average Bonchev–Trinajstić information content (AvgIpc) is 2.80. The zero-order chi connectivity index (χ0) is 10.8. The summed E-state index contributed by atoms with van der Waals surface area (Å²) in [5.41, 5.74) is 2.33. The highest BCUT2D eigenvalue weighted by Gasteiger charge is 2.13. The van der Waals surface area contributed by atoms with Crippen molar-refractivity contribution in [3.8, 4) is 11.5 Å². The van der Waals surface area contributed by atoms with Gasteiger partial charge in [-0.3, -0.25) is 0 Å². The lowest BCUT2D eigenvalue weighted by Crippen LogP contribution is -2.14. The van der Waals surface area contributed by atoms with E-state index < -0.39 is 0 Å². The van der Waals surface area contributed by atoms with Crippen LogP contribution in [0.1, 0.15) is 5.56 Å². The van der Waals surface area contributed by atoms with E-state index in [1.165, 1.54) is 5.46 Å². The second-order valence-corrected chi connectivity index (χ2v) is 3.71. The Morgan fingerprint density at radius 2 is 1.81 bits per heavy atom. The summed E-state index contributed by atoms with van der Waals surface area (Å²) in [6.07, 6.45) is 1.90. The van der Waals surface area contributed by atoms with Gasteiger partial charge in [0.25, 0.3) is 7.41 Å². The molecule has 0 bridgehead atoms. The number of nitrogens with zero attached hydrogens (tertiary/aromatic N) is 1. The van der Waals surface area contributed by atoms with Crippen molar-refractivity contribution in [1.82, 2.24) is 0 Å². The molecule has 3 heteroatoms. The van der Waals surface area contributed by atoms with Crippen LogP contribution in [0.3, 0.4) is 0 Å². The van der Waals surface area contributed by atoms with Crippen LogP contribution >= 0.6 is 0 Å². The highest BCUT2D eigenvalue weighted by Crippen LogP contribution is 2.20. The predicted molar refractivity (Wildman–Crippen MR) is 67.3 cm³/mol. The van der Waals surface area contributed by atoms with Crippen LogP contribution in [0.2, 0.25) is 0 Å². The highest BCUT2D eigenvalue weighted by atomic mass is 16.5. The summed E-state index contributed by atoms with van der Waals surface area (Å²) in [5, 5.41) is 0. The minimum absolute atomic E-state index is 0.721. The third kappa shape index (κ3) is 1.61. The van der Waals surface area contributed by atoms with Crippen molar-refractivity contribution in [2.24, 2.45) is 4.90 Å². The number of fused-ring (bicyclic) bond motifs is 1. The third-order valence-corrected chi connectivity index (χ3v) is 2.62. The van der Waals surface area contributed by atoms with Gasteiger partial charge in [0, 0.05) is 6.21 Å². The van der Waals surface area contributed by atoms with E-state index >= 15 is 0 Å². The van der Waals surface area contributed by atoms with Crippen LogP contribution in [0, 0.1) is 0 Å². The number of hydrogen-bond donors (Lipinski definition) is 0. The van der Waals surface area contributed by atoms with E-state index in [-0.39, 0.29) is 0 Å². The van der Waals surface area contributed by atoms with Gasteiger partial charge in [-0.1, -0.05) is 30.3 Å². The lowest BCUT2D eigenvalue weighted by atomic mass is 9.83. The molecule has 0 amide bonds. The molecule has 76 valence electrons. The van der Waals surface area contributed by atoms with Crippen LogP contribution in [0.5, 0.6) is 11.5 Å². The Balaban J connectivity index is 1.95. The Hall–Kier alpha value is -2.03. The molecule has 0 saturated heterocycles. The maximum atomic E-state index is 5.84. The van der Waals surface area contributed by atoms with E-state index in [2.05, 4.69) is 11.0 Å². The topological polar surface area (TPSA) is 21.6 Å². The second kappa shape index (κ2) is 3.85. The van der Waals surface area contributed by atoms with Gasteiger partial charge in [0.05, 0.1) is 0 Å². The average molecular weight is 207 g/mol. The molecule has 0 unspecified atom stereocenters. The van der Waals surface area contributed by atoms with Crippen molar-refractivity contribution in [3.05, 3.63) is 54.1 Å². The minimum Gasteiger partial charge on any atom is -0.458 e. The molecular weight excluding hydrogens is 197 g/mol. The molecule has 2 aromatic carbocycles. The zero-order valence-electron chi connectivity index (χ0n) is 8.76. The molecule has 16 heavy (non-hydrogen) atoms. The monoisotopic (exact) mass is 207 g/mol. The van der Waals surface area contributed by atoms with E-state index in [1.54, 1.807) is 0 Å². The first-order valence-electron chi connectivity index (χ1n) is 5.28. The lowest BCUT2D eigenvalue weighted by molar-refractivity contribution is 0.486. The number of para-hydroxylation sites is 1. The van der Waals surface area contributed by atoms with Gasteiger partial charge in [-0.15, -0.1) is 0 Å². The third-order valence-electron chi connectivity index (χ3n) is 2.62. The van der Waals surface area contributed by atoms with Crippen LogP contribution in [0.15, 0.2) is 53.4 Å². The van der Waals surface area contributed by atoms with Crippen molar-refractivity contribution in [1.29, 1.82) is 0 Å². The predicted octanol–water partition coefficient (Wildman–Crippen LogP) is 1.89. The fraction of sp³-hybridized carbons (Fsp3) is 0. The van der Waals surface area contributed by atoms with E-state index in [1.807, 2.05) is 48.7 Å². The van der Waals surface area contributed by atoms with Gasteiger partial charge in [0.15, 0.2) is 0 Å². The molecule has 0 saturated carbocycles. The van der Waals surface area contributed by atoms with Crippen LogP contribution < -0.4 is 10.2 Å². The Kier molecular flexibility index (Phi) is 2.22. The molecule has 1 aliphatic heterocycles. The molecule has 0 atom stereocenters. The van der Waals surface area contributed by atoms with Crippen molar-refractivity contribution in [2.45, 2.75) is 0 Å². The molecule has 1 aliphatic rings. The van der Waals surface area contributed by atoms with Crippen molar-refractivity contribution in [3.63, 3.8) is 0 Å². The Bertz CT molecular complexity index is 537. The number of benzene rings is 2. The SMILES string of the molecule is B1N=Cc2cccc(Oc3ccccc3)c21. The van der Waals surface area contributed by atoms with E-state index in [0.29, 0.717) is 0 Å². The highest BCUT2D eigenvalue weighted by molar-refractivity contribution is 6.59. The molecule has 0 fully saturated rings. The van der Waals surface area contributed by atoms with Crippen LogP contribution in [-0.2, 0) is 0 Å². The fourth-order valence-electron chi connectivity index (χ4n) is 1.82. The maximum Gasteiger partial charge on any atom is 0.299 e. The Morgan fingerprint density at radius 3 is 2.69 bits per heavy atom. The smallest absolute Gasteiger partial charge is 0.299 e. The minimum atomic E-state index is 0.721. The zero-order valence-corrected chi connectivity index (χ0v) is 8.76. The van der Waals surface area contributed by atoms with E-state index in [9.17, 15) is 0 Å². The summed E-state index contributed by atoms with van der Waals surface area (Å²) in [5.74, 6) is 1.77. The first-order valence-corrected chi connectivity index (χ1v) is 5.28. The normalized spacial score (nSPS) is 12.0. The molecule has 3 rings (SSSR count). The summed E-state index contributed by atoms with van der Waals surface area (Å²) in [7, 11) is 0.721. The largest absolute Gasteiger partial charge is 0.458 e. The Morgan fingerprint density at radius 1 is 0.938 bits per heavy atom. The van der Waals surface area contributed by atoms with Gasteiger partial charge < -0.3 is 9.64 Å². The fourth-order valence-corrected chi connectivity index (χ4v) is 1.82. The first-order chi connectivity index (χ1) is 7.93. The van der Waals surface area contributed by atoms with E-state index in [4.69, 9.17) is 4.74 Å². The summed E-state index contributed by atoms with van der Waals surface area (Å²) >= 11 is 0. The summed E-state index contributed by atoms with van der Waals surface area (Å²) in [6, 6.07) is 15.9. The second-order valence-electron chi connectivity index (χ2n) is 3.71. The van der Waals surface area contributed by atoms with Crippen molar-refractivity contribution in [2.75, 3.05) is 0 Å². The number of ether oxygens (including phenoxy) is 1. The summed E-state index contributed by atoms with van der Waals surface area (Å²) in [6.45, 7) is 0. The quantitative estimate of drug-likeness (QED) is 0.689. The molecule has 2 nitrogen and oxygen atoms in total. The van der Waals surface area contributed by atoms with Crippen LogP contribution in [0.25, 0.3) is 0 Å². The Labute approximate surface area is 94.9 Å². The molecule has 0 aliphatic carbocycles. The summed E-state index contributed by atoms with van der Waals surface area (Å²) in [4.78, 5) is 4.25. The molecular formula is C13H10BNO.